The SMILES string of the molecule is C/C=C/Cc1nc(OCC)nn1Cc1ccc(-c2ccccc2-c2nn[nH]n2)cc1. The zero-order valence-electron chi connectivity index (χ0n) is 17.0. The van der Waals surface area contributed by atoms with Gasteiger partial charge in [-0.05, 0) is 35.8 Å². The van der Waals surface area contributed by atoms with Crippen LogP contribution in [0, 0.1) is 0 Å². The molecule has 0 amide bonds. The number of hydrogen-bond donors (Lipinski definition) is 1. The summed E-state index contributed by atoms with van der Waals surface area (Å²) in [5.74, 6) is 1.46. The van der Waals surface area contributed by atoms with E-state index in [0.29, 0.717) is 31.4 Å². The van der Waals surface area contributed by atoms with Crippen LogP contribution in [0.25, 0.3) is 22.5 Å². The molecule has 0 aliphatic heterocycles. The molecule has 8 heteroatoms. The van der Waals surface area contributed by atoms with Crippen molar-refractivity contribution in [3.63, 3.8) is 0 Å². The maximum atomic E-state index is 5.48. The lowest BCUT2D eigenvalue weighted by atomic mass is 9.98. The Balaban J connectivity index is 1.59. The van der Waals surface area contributed by atoms with E-state index in [2.05, 4.69) is 67.1 Å². The molecule has 0 saturated carbocycles. The van der Waals surface area contributed by atoms with Crippen molar-refractivity contribution in [1.29, 1.82) is 0 Å². The molecule has 0 fully saturated rings. The standard InChI is InChI=1S/C22H23N7O/c1-3-5-10-20-23-22(30-4-2)26-29(20)15-16-11-13-17(14-12-16)18-8-6-7-9-19(18)21-24-27-28-25-21/h3,5-9,11-14H,4,10,15H2,1-2H3,(H,24,25,27,28)/b5-3+. The second kappa shape index (κ2) is 9.13. The third-order valence-electron chi connectivity index (χ3n) is 4.65. The van der Waals surface area contributed by atoms with Crippen molar-refractivity contribution < 1.29 is 4.74 Å². The fourth-order valence-electron chi connectivity index (χ4n) is 3.21. The minimum absolute atomic E-state index is 0.419. The molecule has 0 saturated heterocycles. The van der Waals surface area contributed by atoms with Crippen LogP contribution in [-0.2, 0) is 13.0 Å². The van der Waals surface area contributed by atoms with Gasteiger partial charge in [-0.3, -0.25) is 0 Å². The average Bonchev–Trinajstić information content (AvgIpc) is 3.44. The molecule has 2 aromatic carbocycles. The molecule has 0 spiro atoms. The molecule has 0 atom stereocenters. The lowest BCUT2D eigenvalue weighted by Crippen LogP contribution is -2.06. The van der Waals surface area contributed by atoms with E-state index in [1.54, 1.807) is 0 Å². The van der Waals surface area contributed by atoms with Gasteiger partial charge in [0.15, 0.2) is 0 Å². The summed E-state index contributed by atoms with van der Waals surface area (Å²) in [5.41, 5.74) is 4.20. The second-order valence-corrected chi connectivity index (χ2v) is 6.65. The van der Waals surface area contributed by atoms with Crippen molar-refractivity contribution >= 4 is 0 Å². The van der Waals surface area contributed by atoms with Gasteiger partial charge in [-0.2, -0.15) is 10.2 Å². The van der Waals surface area contributed by atoms with E-state index in [1.807, 2.05) is 42.8 Å². The Morgan fingerprint density at radius 2 is 1.87 bits per heavy atom. The van der Waals surface area contributed by atoms with Crippen molar-refractivity contribution in [2.75, 3.05) is 6.61 Å². The number of H-pyrrole nitrogens is 1. The summed E-state index contributed by atoms with van der Waals surface area (Å²) in [4.78, 5) is 4.49. The molecule has 0 bridgehead atoms. The fraction of sp³-hybridized carbons (Fsp3) is 0.227. The van der Waals surface area contributed by atoms with Gasteiger partial charge in [0.25, 0.3) is 0 Å². The van der Waals surface area contributed by atoms with Gasteiger partial charge in [0.1, 0.15) is 5.82 Å². The smallest absolute Gasteiger partial charge is 0.335 e. The highest BCUT2D eigenvalue weighted by molar-refractivity contribution is 5.80. The molecule has 1 N–H and O–H groups in total. The predicted octanol–water partition coefficient (Wildman–Crippen LogP) is 3.69. The van der Waals surface area contributed by atoms with Crippen LogP contribution in [0.4, 0.5) is 0 Å². The number of nitrogens with zero attached hydrogens (tertiary/aromatic N) is 6. The van der Waals surface area contributed by atoms with E-state index < -0.39 is 0 Å². The Morgan fingerprint density at radius 3 is 2.57 bits per heavy atom. The highest BCUT2D eigenvalue weighted by atomic mass is 16.5. The molecule has 0 radical (unpaired) electrons. The van der Waals surface area contributed by atoms with E-state index in [-0.39, 0.29) is 0 Å². The predicted molar refractivity (Wildman–Crippen MR) is 114 cm³/mol. The number of rotatable bonds is 8. The van der Waals surface area contributed by atoms with Crippen molar-refractivity contribution in [2.24, 2.45) is 0 Å². The molecule has 4 rings (SSSR count). The maximum absolute atomic E-state index is 5.48. The van der Waals surface area contributed by atoms with E-state index >= 15 is 0 Å². The largest absolute Gasteiger partial charge is 0.463 e. The quantitative estimate of drug-likeness (QED) is 0.453. The first-order valence-corrected chi connectivity index (χ1v) is 9.88. The molecule has 4 aromatic rings. The Bertz CT molecular complexity index is 1110. The van der Waals surface area contributed by atoms with Crippen LogP contribution in [-0.4, -0.2) is 42.0 Å². The van der Waals surface area contributed by atoms with E-state index in [1.165, 1.54) is 0 Å². The fourth-order valence-corrected chi connectivity index (χ4v) is 3.21. The van der Waals surface area contributed by atoms with Gasteiger partial charge >= 0.3 is 6.01 Å². The molecule has 0 unspecified atom stereocenters. The number of aromatic amines is 1. The second-order valence-electron chi connectivity index (χ2n) is 6.65. The molecule has 152 valence electrons. The minimum atomic E-state index is 0.419. The van der Waals surface area contributed by atoms with E-state index in [0.717, 1.165) is 28.1 Å². The summed E-state index contributed by atoms with van der Waals surface area (Å²) in [6.07, 6.45) is 4.79. The van der Waals surface area contributed by atoms with Crippen molar-refractivity contribution in [2.45, 2.75) is 26.8 Å². The van der Waals surface area contributed by atoms with Crippen LogP contribution >= 0.6 is 0 Å². The van der Waals surface area contributed by atoms with Gasteiger partial charge in [-0.25, -0.2) is 4.68 Å². The number of aromatic nitrogens is 7. The number of tetrazole rings is 1. The number of benzene rings is 2. The summed E-state index contributed by atoms with van der Waals surface area (Å²) in [6.45, 7) is 5.09. The van der Waals surface area contributed by atoms with Gasteiger partial charge in [0, 0.05) is 12.0 Å². The highest BCUT2D eigenvalue weighted by Gasteiger charge is 2.12. The summed E-state index contributed by atoms with van der Waals surface area (Å²) < 4.78 is 7.38. The van der Waals surface area contributed by atoms with Crippen LogP contribution in [0.15, 0.2) is 60.7 Å². The maximum Gasteiger partial charge on any atom is 0.335 e. The van der Waals surface area contributed by atoms with Crippen molar-refractivity contribution in [3.05, 3.63) is 72.1 Å². The first kappa shape index (κ1) is 19.5. The number of nitrogens with one attached hydrogen (secondary N) is 1. The number of hydrogen-bond acceptors (Lipinski definition) is 6. The van der Waals surface area contributed by atoms with Crippen LogP contribution in [0.3, 0.4) is 0 Å². The topological polar surface area (TPSA) is 94.4 Å². The number of allylic oxidation sites excluding steroid dienone is 2. The van der Waals surface area contributed by atoms with Gasteiger partial charge in [0.05, 0.1) is 13.2 Å². The van der Waals surface area contributed by atoms with Crippen molar-refractivity contribution in [1.82, 2.24) is 35.4 Å². The summed E-state index contributed by atoms with van der Waals surface area (Å²) in [7, 11) is 0. The molecule has 30 heavy (non-hydrogen) atoms. The molecule has 8 nitrogen and oxygen atoms in total. The van der Waals surface area contributed by atoms with Crippen LogP contribution in [0.5, 0.6) is 6.01 Å². The highest BCUT2D eigenvalue weighted by Crippen LogP contribution is 2.29. The normalized spacial score (nSPS) is 11.3. The van der Waals surface area contributed by atoms with Gasteiger partial charge in [0.2, 0.25) is 5.82 Å². The molecule has 0 aliphatic carbocycles. The summed E-state index contributed by atoms with van der Waals surface area (Å²) in [5, 5.41) is 18.9. The van der Waals surface area contributed by atoms with Crippen LogP contribution < -0.4 is 4.74 Å². The lowest BCUT2D eigenvalue weighted by Gasteiger charge is -2.09. The molecule has 2 heterocycles. The molecular formula is C22H23N7O. The monoisotopic (exact) mass is 401 g/mol. The number of ether oxygens (including phenoxy) is 1. The zero-order chi connectivity index (χ0) is 20.8. The van der Waals surface area contributed by atoms with Gasteiger partial charge < -0.3 is 4.74 Å². The molecule has 0 aliphatic rings. The lowest BCUT2D eigenvalue weighted by molar-refractivity contribution is 0.311. The first-order chi connectivity index (χ1) is 14.8. The first-order valence-electron chi connectivity index (χ1n) is 9.88. The average molecular weight is 401 g/mol. The Morgan fingerprint density at radius 1 is 1.07 bits per heavy atom. The van der Waals surface area contributed by atoms with E-state index in [9.17, 15) is 0 Å². The summed E-state index contributed by atoms with van der Waals surface area (Å²) in [6, 6.07) is 16.8. The Hall–Kier alpha value is -3.81. The Labute approximate surface area is 174 Å². The Kier molecular flexibility index (Phi) is 5.93. The third kappa shape index (κ3) is 4.27. The minimum Gasteiger partial charge on any atom is -0.463 e. The molecule has 2 aromatic heterocycles. The zero-order valence-corrected chi connectivity index (χ0v) is 17.0. The van der Waals surface area contributed by atoms with E-state index in [4.69, 9.17) is 4.74 Å². The van der Waals surface area contributed by atoms with Crippen LogP contribution in [0.2, 0.25) is 0 Å². The summed E-state index contributed by atoms with van der Waals surface area (Å²) >= 11 is 0. The van der Waals surface area contributed by atoms with Crippen LogP contribution in [0.1, 0.15) is 25.2 Å². The van der Waals surface area contributed by atoms with Gasteiger partial charge in [-0.15, -0.1) is 15.3 Å². The third-order valence-corrected chi connectivity index (χ3v) is 4.65. The van der Waals surface area contributed by atoms with Crippen molar-refractivity contribution in [3.8, 4) is 28.5 Å². The molecular weight excluding hydrogens is 378 g/mol. The van der Waals surface area contributed by atoms with Gasteiger partial charge in [-0.1, -0.05) is 60.7 Å².